The molecule has 284 valence electrons. The second-order valence-corrected chi connectivity index (χ2v) is 20.0. The van der Waals surface area contributed by atoms with E-state index in [4.69, 9.17) is 33.5 Å². The summed E-state index contributed by atoms with van der Waals surface area (Å²) < 4.78 is 182. The van der Waals surface area contributed by atoms with Gasteiger partial charge in [0.25, 0.3) is 0 Å². The van der Waals surface area contributed by atoms with Crippen LogP contribution >= 0.6 is 0 Å². The van der Waals surface area contributed by atoms with E-state index in [0.29, 0.717) is 6.04 Å². The van der Waals surface area contributed by atoms with Crippen LogP contribution in [-0.2, 0) is 52.3 Å². The number of aliphatic carboxylic acids is 1. The van der Waals surface area contributed by atoms with Gasteiger partial charge in [0.2, 0.25) is 0 Å². The number of hydrogen-bond donors (Lipinski definition) is 1. The Morgan fingerprint density at radius 3 is 2.17 bits per heavy atom. The molecule has 0 aromatic rings. The van der Waals surface area contributed by atoms with Crippen LogP contribution in [0.2, 0.25) is 25.7 Å². The summed E-state index contributed by atoms with van der Waals surface area (Å²) in [7, 11) is -8.94. The van der Waals surface area contributed by atoms with Crippen molar-refractivity contribution >= 4 is 24.2 Å². The predicted molar refractivity (Wildman–Crippen MR) is 150 cm³/mol. The third-order valence-electron chi connectivity index (χ3n) is 6.99. The minimum atomic E-state index is -7.09. The van der Waals surface area contributed by atoms with Crippen LogP contribution in [-0.4, -0.2) is 114 Å². The molecule has 1 N–H and O–H groups in total. The molecule has 2 fully saturated rings. The summed E-state index contributed by atoms with van der Waals surface area (Å²) in [5.41, 5.74) is 0. The topological polar surface area (TPSA) is 145 Å². The van der Waals surface area contributed by atoms with E-state index in [9.17, 15) is 39.6 Å². The molecule has 0 aromatic heterocycles. The molecule has 2 heterocycles. The first-order valence-electron chi connectivity index (χ1n) is 14.8. The number of fused-ring (bicyclic) bond motifs is 1. The van der Waals surface area contributed by atoms with Gasteiger partial charge in [-0.1, -0.05) is 19.6 Å². The highest BCUT2D eigenvalue weighted by Crippen LogP contribution is 2.49. The van der Waals surface area contributed by atoms with Crippen molar-refractivity contribution in [3.63, 3.8) is 0 Å². The normalized spacial score (nSPS) is 25.9. The highest BCUT2D eigenvalue weighted by atomic mass is 32.2. The number of carbonyl (C=O) groups is 1. The molecule has 0 aliphatic carbocycles. The monoisotopic (exact) mass is 758 g/mol. The molecule has 0 amide bonds. The molecule has 2 saturated heterocycles. The van der Waals surface area contributed by atoms with E-state index in [1.165, 1.54) is 13.8 Å². The average molecular weight is 759 g/mol. The van der Waals surface area contributed by atoms with Crippen molar-refractivity contribution in [1.82, 2.24) is 0 Å². The van der Waals surface area contributed by atoms with E-state index >= 15 is 8.78 Å². The molecule has 0 bridgehead atoms. The van der Waals surface area contributed by atoms with Crippen LogP contribution in [0.15, 0.2) is 0 Å². The molecule has 12 nitrogen and oxygen atoms in total. The quantitative estimate of drug-likeness (QED) is 0.0559. The maximum absolute atomic E-state index is 15.0. The van der Waals surface area contributed by atoms with Crippen molar-refractivity contribution in [3.05, 3.63) is 0 Å². The number of unbranched alkanes of at least 4 members (excludes halogenated alkanes) is 1. The lowest BCUT2D eigenvalue weighted by molar-refractivity contribution is -0.457. The van der Waals surface area contributed by atoms with E-state index in [0.717, 1.165) is 0 Å². The SMILES string of the molecule is CCOCO[C@@H]1C(OS(=O)(=O)C(F)(F)C(F)(F)OC(F)(F)C(F)(F)CCCCC(=O)O)[C@H](OCC[Si](C)(C)C)OC2COC(C)(C)O[C@H]21. The number of carboxylic acids is 1. The first kappa shape index (κ1) is 42.9. The summed E-state index contributed by atoms with van der Waals surface area (Å²) in [6.45, 7) is 9.25. The summed E-state index contributed by atoms with van der Waals surface area (Å²) in [5.74, 6) is -8.41. The fraction of sp³-hybridized carbons (Fsp3) is 0.962. The molecule has 22 heteroatoms. The van der Waals surface area contributed by atoms with Gasteiger partial charge in [-0.05, 0) is 39.7 Å². The Bertz CT molecular complexity index is 1170. The molecule has 0 spiro atoms. The lowest BCUT2D eigenvalue weighted by Gasteiger charge is -2.50. The first-order valence-corrected chi connectivity index (χ1v) is 19.9. The maximum Gasteiger partial charge on any atom is 0.460 e. The van der Waals surface area contributed by atoms with Gasteiger partial charge in [-0.2, -0.15) is 43.5 Å². The molecule has 2 aliphatic rings. The van der Waals surface area contributed by atoms with Crippen LogP contribution in [0.4, 0.5) is 35.1 Å². The van der Waals surface area contributed by atoms with Crippen LogP contribution in [0.1, 0.15) is 46.5 Å². The Balaban J connectivity index is 2.44. The Morgan fingerprint density at radius 2 is 1.60 bits per heavy atom. The van der Waals surface area contributed by atoms with Gasteiger partial charge in [0, 0.05) is 34.1 Å². The molecular formula is C26H42F8O12SSi. The predicted octanol–water partition coefficient (Wildman–Crippen LogP) is 5.39. The van der Waals surface area contributed by atoms with Crippen LogP contribution < -0.4 is 0 Å². The van der Waals surface area contributed by atoms with Crippen molar-refractivity contribution in [3.8, 4) is 0 Å². The van der Waals surface area contributed by atoms with Gasteiger partial charge in [0.15, 0.2) is 18.2 Å². The van der Waals surface area contributed by atoms with Crippen molar-refractivity contribution in [2.75, 3.05) is 26.6 Å². The lowest BCUT2D eigenvalue weighted by Crippen LogP contribution is -2.67. The molecular weight excluding hydrogens is 716 g/mol. The lowest BCUT2D eigenvalue weighted by atomic mass is 9.97. The summed E-state index contributed by atoms with van der Waals surface area (Å²) in [5, 5.41) is 1.81. The number of ether oxygens (including phenoxy) is 7. The molecule has 2 unspecified atom stereocenters. The Kier molecular flexibility index (Phi) is 14.3. The first-order chi connectivity index (χ1) is 21.7. The van der Waals surface area contributed by atoms with E-state index in [2.05, 4.69) is 8.92 Å². The standard InChI is InChI=1S/C26H42F8O12SSi/c1-7-39-15-41-19-18-16(14-42-22(2,3)44-18)43-21(40-12-13-48(4,5)6)20(19)45-47(37,38)26(33,34)25(31,32)46-24(29,30)23(27,28)11-9-8-10-17(35)36/h16,18-21H,7-15H2,1-6H3,(H,35,36)/t16?,18-,19+,20?,21-/m1/s1. The number of carboxylic acid groups (broad SMARTS) is 1. The maximum atomic E-state index is 15.0. The summed E-state index contributed by atoms with van der Waals surface area (Å²) in [4.78, 5) is 10.5. The molecule has 2 rings (SSSR count). The highest BCUT2D eigenvalue weighted by Gasteiger charge is 2.75. The zero-order valence-electron chi connectivity index (χ0n) is 27.1. The van der Waals surface area contributed by atoms with E-state index in [-0.39, 0.29) is 19.8 Å². The molecule has 5 atom stereocenters. The van der Waals surface area contributed by atoms with Crippen molar-refractivity contribution < 1.29 is 90.8 Å². The highest BCUT2D eigenvalue weighted by molar-refractivity contribution is 7.87. The molecule has 48 heavy (non-hydrogen) atoms. The largest absolute Gasteiger partial charge is 0.481 e. The van der Waals surface area contributed by atoms with E-state index in [1.807, 2.05) is 19.6 Å². The fourth-order valence-corrected chi connectivity index (χ4v) is 6.01. The van der Waals surface area contributed by atoms with Gasteiger partial charge in [0.1, 0.15) is 25.1 Å². The average Bonchev–Trinajstić information content (AvgIpc) is 2.90. The molecule has 2 aliphatic heterocycles. The molecule has 0 saturated carbocycles. The van der Waals surface area contributed by atoms with Gasteiger partial charge in [0.05, 0.1) is 6.61 Å². The summed E-state index contributed by atoms with van der Waals surface area (Å²) in [6.07, 6.45) is -26.0. The minimum Gasteiger partial charge on any atom is -0.481 e. The zero-order valence-corrected chi connectivity index (χ0v) is 28.9. The molecule has 0 radical (unpaired) electrons. The Morgan fingerprint density at radius 1 is 0.979 bits per heavy atom. The second kappa shape index (κ2) is 16.0. The van der Waals surface area contributed by atoms with Gasteiger partial charge < -0.3 is 33.5 Å². The van der Waals surface area contributed by atoms with Gasteiger partial charge >= 0.3 is 39.5 Å². The number of rotatable bonds is 20. The van der Waals surface area contributed by atoms with Gasteiger partial charge in [-0.3, -0.25) is 8.98 Å². The fourth-order valence-electron chi connectivity index (χ4n) is 4.33. The number of hydrogen-bond acceptors (Lipinski definition) is 11. The van der Waals surface area contributed by atoms with E-state index < -0.39 is 117 Å². The van der Waals surface area contributed by atoms with Crippen LogP contribution in [0.25, 0.3) is 0 Å². The van der Waals surface area contributed by atoms with Crippen LogP contribution in [0.5, 0.6) is 0 Å². The van der Waals surface area contributed by atoms with E-state index in [1.54, 1.807) is 6.92 Å². The zero-order chi connectivity index (χ0) is 37.0. The second-order valence-electron chi connectivity index (χ2n) is 12.7. The minimum absolute atomic E-state index is 0.0484. The number of alkyl halides is 8. The Hall–Kier alpha value is -1.24. The van der Waals surface area contributed by atoms with Crippen molar-refractivity contribution in [2.45, 2.75) is 132 Å². The smallest absolute Gasteiger partial charge is 0.460 e. The molecule has 0 aromatic carbocycles. The van der Waals surface area contributed by atoms with Crippen LogP contribution in [0, 0.1) is 0 Å². The third-order valence-corrected chi connectivity index (χ3v) is 10.0. The summed E-state index contributed by atoms with van der Waals surface area (Å²) in [6, 6.07) is 0.409. The summed E-state index contributed by atoms with van der Waals surface area (Å²) >= 11 is 0. The number of halogens is 8. The van der Waals surface area contributed by atoms with Gasteiger partial charge in [-0.25, -0.2) is 4.74 Å². The van der Waals surface area contributed by atoms with Crippen molar-refractivity contribution in [2.24, 2.45) is 0 Å². The van der Waals surface area contributed by atoms with Crippen molar-refractivity contribution in [1.29, 1.82) is 0 Å². The Labute approximate surface area is 273 Å². The van der Waals surface area contributed by atoms with Crippen LogP contribution in [0.3, 0.4) is 0 Å². The third kappa shape index (κ3) is 11.1. The van der Waals surface area contributed by atoms with Gasteiger partial charge in [-0.15, -0.1) is 0 Å².